The Morgan fingerprint density at radius 3 is 2.66 bits per heavy atom. The molecule has 1 amide bonds. The zero-order valence-electron chi connectivity index (χ0n) is 17.9. The zero-order chi connectivity index (χ0) is 22.5. The summed E-state index contributed by atoms with van der Waals surface area (Å²) in [4.78, 5) is 28.3. The summed E-state index contributed by atoms with van der Waals surface area (Å²) >= 11 is 0. The van der Waals surface area contributed by atoms with Crippen molar-refractivity contribution in [2.24, 2.45) is 5.92 Å². The molecule has 0 spiro atoms. The number of nitrogens with one attached hydrogen (secondary N) is 2. The number of aromatic carboxylic acids is 1. The molecule has 32 heavy (non-hydrogen) atoms. The third-order valence-corrected chi connectivity index (χ3v) is 6.31. The Labute approximate surface area is 187 Å². The number of pyridine rings is 1. The maximum Gasteiger partial charge on any atom is 0.547 e. The molecule has 0 unspecified atom stereocenters. The average Bonchev–Trinajstić information content (AvgIpc) is 2.79. The largest absolute Gasteiger partial charge is 0.547 e. The quantitative estimate of drug-likeness (QED) is 0.489. The summed E-state index contributed by atoms with van der Waals surface area (Å²) in [7, 11) is -1.28. The molecule has 1 aromatic carbocycles. The minimum atomic E-state index is -1.28. The third kappa shape index (κ3) is 5.47. The fourth-order valence-electron chi connectivity index (χ4n) is 4.57. The Morgan fingerprint density at radius 2 is 1.94 bits per heavy atom. The molecule has 0 saturated heterocycles. The molecule has 4 N–H and O–H groups in total. The molecule has 4 rings (SSSR count). The Kier molecular flexibility index (Phi) is 7.07. The smallest absolute Gasteiger partial charge is 0.534 e. The lowest BCUT2D eigenvalue weighted by Gasteiger charge is -2.31. The van der Waals surface area contributed by atoms with Gasteiger partial charge in [0, 0.05) is 25.2 Å². The van der Waals surface area contributed by atoms with E-state index in [4.69, 9.17) is 4.65 Å². The number of hydrogen-bond donors (Lipinski definition) is 4. The second-order valence-corrected chi connectivity index (χ2v) is 8.61. The van der Waals surface area contributed by atoms with Crippen molar-refractivity contribution < 1.29 is 24.4 Å². The summed E-state index contributed by atoms with van der Waals surface area (Å²) in [6, 6.07) is 11.2. The molecular formula is C23H28BN3O5. The monoisotopic (exact) mass is 437 g/mol. The van der Waals surface area contributed by atoms with Crippen LogP contribution in [0.2, 0.25) is 0 Å². The number of fused-ring (bicyclic) bond motifs is 1. The van der Waals surface area contributed by atoms with E-state index in [1.54, 1.807) is 18.3 Å². The highest BCUT2D eigenvalue weighted by Crippen LogP contribution is 2.31. The maximum atomic E-state index is 12.6. The SMILES string of the molecule is O=C(CC1CCC(NCc2ccccn2)CC1)N[C@H]1Cc2cccc(C(=O)O)c2OB1O. The van der Waals surface area contributed by atoms with E-state index in [0.29, 0.717) is 30.4 Å². The van der Waals surface area contributed by atoms with E-state index >= 15 is 0 Å². The summed E-state index contributed by atoms with van der Waals surface area (Å²) < 4.78 is 5.45. The standard InChI is InChI=1S/C23H28BN3O5/c28-21(12-15-7-9-17(10-8-15)26-14-18-5-1-2-11-25-18)27-20-13-16-4-3-6-19(23(29)30)22(16)32-24(20)31/h1-6,11,15,17,20,26,31H,7-10,12-14H2,(H,27,28)(H,29,30)/t15?,17?,20-/m0/s1. The van der Waals surface area contributed by atoms with Crippen LogP contribution in [0.25, 0.3) is 0 Å². The van der Waals surface area contributed by atoms with Crippen molar-refractivity contribution >= 4 is 19.0 Å². The van der Waals surface area contributed by atoms with Gasteiger partial charge < -0.3 is 25.4 Å². The van der Waals surface area contributed by atoms with Crippen LogP contribution in [-0.4, -0.2) is 46.1 Å². The van der Waals surface area contributed by atoms with Crippen LogP contribution in [0.5, 0.6) is 5.75 Å². The lowest BCUT2D eigenvalue weighted by atomic mass is 9.72. The number of hydrogen-bond acceptors (Lipinski definition) is 6. The predicted molar refractivity (Wildman–Crippen MR) is 119 cm³/mol. The number of carboxylic acid groups (broad SMARTS) is 1. The first-order chi connectivity index (χ1) is 15.5. The summed E-state index contributed by atoms with van der Waals surface area (Å²) in [6.07, 6.45) is 6.52. The van der Waals surface area contributed by atoms with Crippen LogP contribution in [0, 0.1) is 5.92 Å². The predicted octanol–water partition coefficient (Wildman–Crippen LogP) is 1.96. The van der Waals surface area contributed by atoms with Crippen molar-refractivity contribution in [2.75, 3.05) is 0 Å². The van der Waals surface area contributed by atoms with Crippen LogP contribution >= 0.6 is 0 Å². The van der Waals surface area contributed by atoms with Gasteiger partial charge in [-0.2, -0.15) is 0 Å². The summed E-state index contributed by atoms with van der Waals surface area (Å²) in [5, 5.41) is 26.0. The lowest BCUT2D eigenvalue weighted by Crippen LogP contribution is -2.53. The van der Waals surface area contributed by atoms with Crippen molar-refractivity contribution in [2.45, 2.75) is 57.1 Å². The van der Waals surface area contributed by atoms with Gasteiger partial charge in [0.05, 0.1) is 17.2 Å². The zero-order valence-corrected chi connectivity index (χ0v) is 17.9. The van der Waals surface area contributed by atoms with E-state index in [9.17, 15) is 19.7 Å². The summed E-state index contributed by atoms with van der Waals surface area (Å²) in [5.41, 5.74) is 1.71. The van der Waals surface area contributed by atoms with Gasteiger partial charge in [0.2, 0.25) is 5.91 Å². The van der Waals surface area contributed by atoms with Crippen LogP contribution in [0.1, 0.15) is 53.7 Å². The van der Waals surface area contributed by atoms with Crippen LogP contribution in [-0.2, 0) is 17.8 Å². The van der Waals surface area contributed by atoms with Crippen LogP contribution in [0.15, 0.2) is 42.6 Å². The number of benzene rings is 1. The first-order valence-electron chi connectivity index (χ1n) is 11.1. The van der Waals surface area contributed by atoms with E-state index in [-0.39, 0.29) is 17.2 Å². The number of carboxylic acids is 1. The Balaban J connectivity index is 1.23. The van der Waals surface area contributed by atoms with Gasteiger partial charge in [-0.25, -0.2) is 4.79 Å². The van der Waals surface area contributed by atoms with E-state index in [0.717, 1.165) is 37.9 Å². The molecule has 2 heterocycles. The highest BCUT2D eigenvalue weighted by atomic mass is 16.5. The topological polar surface area (TPSA) is 121 Å². The van der Waals surface area contributed by atoms with Crippen molar-refractivity contribution in [3.8, 4) is 5.75 Å². The van der Waals surface area contributed by atoms with Gasteiger partial charge in [0.15, 0.2) is 0 Å². The third-order valence-electron chi connectivity index (χ3n) is 6.31. The number of carbonyl (C=O) groups excluding carboxylic acids is 1. The van der Waals surface area contributed by atoms with E-state index in [1.165, 1.54) is 6.07 Å². The van der Waals surface area contributed by atoms with E-state index < -0.39 is 19.0 Å². The second kappa shape index (κ2) is 10.1. The molecular weight excluding hydrogens is 409 g/mol. The van der Waals surface area contributed by atoms with Gasteiger partial charge in [-0.05, 0) is 61.8 Å². The summed E-state index contributed by atoms with van der Waals surface area (Å²) in [5.74, 6) is -1.33. The number of nitrogens with zero attached hydrogens (tertiary/aromatic N) is 1. The molecule has 2 aliphatic rings. The summed E-state index contributed by atoms with van der Waals surface area (Å²) in [6.45, 7) is 0.751. The van der Waals surface area contributed by atoms with Crippen molar-refractivity contribution in [1.82, 2.24) is 15.6 Å². The van der Waals surface area contributed by atoms with Gasteiger partial charge in [-0.1, -0.05) is 18.2 Å². The Morgan fingerprint density at radius 1 is 1.12 bits per heavy atom. The normalized spacial score (nSPS) is 22.5. The van der Waals surface area contributed by atoms with Crippen LogP contribution < -0.4 is 15.3 Å². The van der Waals surface area contributed by atoms with Crippen LogP contribution in [0.3, 0.4) is 0 Å². The number of amides is 1. The molecule has 168 valence electrons. The molecule has 1 aliphatic heterocycles. The van der Waals surface area contributed by atoms with Gasteiger partial charge in [-0.3, -0.25) is 9.78 Å². The first-order valence-corrected chi connectivity index (χ1v) is 11.1. The van der Waals surface area contributed by atoms with Gasteiger partial charge in [-0.15, -0.1) is 0 Å². The van der Waals surface area contributed by atoms with E-state index in [1.807, 2.05) is 18.2 Å². The number of carbonyl (C=O) groups is 2. The highest BCUT2D eigenvalue weighted by Gasteiger charge is 2.38. The molecule has 2 aromatic rings. The highest BCUT2D eigenvalue weighted by molar-refractivity contribution is 6.47. The van der Waals surface area contributed by atoms with Crippen LogP contribution in [0.4, 0.5) is 0 Å². The minimum absolute atomic E-state index is 0.0136. The Bertz CT molecular complexity index is 950. The van der Waals surface area contributed by atoms with E-state index in [2.05, 4.69) is 15.6 Å². The van der Waals surface area contributed by atoms with Gasteiger partial charge in [0.1, 0.15) is 5.75 Å². The van der Waals surface area contributed by atoms with Crippen molar-refractivity contribution in [3.05, 3.63) is 59.4 Å². The fraction of sp³-hybridized carbons (Fsp3) is 0.435. The minimum Gasteiger partial charge on any atom is -0.534 e. The molecule has 0 bridgehead atoms. The van der Waals surface area contributed by atoms with Gasteiger partial charge >= 0.3 is 13.1 Å². The molecule has 8 nitrogen and oxygen atoms in total. The second-order valence-electron chi connectivity index (χ2n) is 8.61. The Hall–Kier alpha value is -2.91. The fourth-order valence-corrected chi connectivity index (χ4v) is 4.57. The number of aromatic nitrogens is 1. The lowest BCUT2D eigenvalue weighted by molar-refractivity contribution is -0.122. The molecule has 1 aliphatic carbocycles. The van der Waals surface area contributed by atoms with Crippen molar-refractivity contribution in [3.63, 3.8) is 0 Å². The maximum absolute atomic E-state index is 12.6. The number of rotatable bonds is 7. The molecule has 0 radical (unpaired) electrons. The molecule has 1 aromatic heterocycles. The molecule has 1 fully saturated rings. The van der Waals surface area contributed by atoms with Crippen molar-refractivity contribution in [1.29, 1.82) is 0 Å². The average molecular weight is 437 g/mol. The molecule has 1 saturated carbocycles. The number of para-hydroxylation sites is 1. The van der Waals surface area contributed by atoms with Gasteiger partial charge in [0.25, 0.3) is 0 Å². The molecule has 9 heteroatoms. The molecule has 1 atom stereocenters. The first kappa shape index (κ1) is 22.3.